The van der Waals surface area contributed by atoms with Gasteiger partial charge in [-0.1, -0.05) is 11.6 Å². The molecule has 2 amide bonds. The standard InChI is InChI=1S/C19H26N2O4/c22-17(20-11-10-14-5-2-1-3-6-14)18(23)21-13-19(24,15-8-9-15)16-7-4-12-25-16/h4-5,7,12,15,24H,1-3,6,8-11,13H2,(H,20,22)(H,21,23). The second kappa shape index (κ2) is 7.87. The molecule has 2 aliphatic rings. The number of carbonyl (C=O) groups excluding carboxylic acids is 2. The fourth-order valence-electron chi connectivity index (χ4n) is 3.36. The highest BCUT2D eigenvalue weighted by molar-refractivity contribution is 6.35. The molecule has 6 heteroatoms. The number of amides is 2. The van der Waals surface area contributed by atoms with Gasteiger partial charge in [0.25, 0.3) is 0 Å². The smallest absolute Gasteiger partial charge is 0.309 e. The lowest BCUT2D eigenvalue weighted by atomic mass is 9.94. The van der Waals surface area contributed by atoms with Crippen LogP contribution in [0.4, 0.5) is 0 Å². The molecule has 0 aliphatic heterocycles. The Morgan fingerprint density at radius 2 is 2.04 bits per heavy atom. The van der Waals surface area contributed by atoms with E-state index in [2.05, 4.69) is 16.7 Å². The van der Waals surface area contributed by atoms with Crippen molar-refractivity contribution in [1.82, 2.24) is 10.6 Å². The van der Waals surface area contributed by atoms with Crippen molar-refractivity contribution in [1.29, 1.82) is 0 Å². The number of aliphatic hydroxyl groups is 1. The molecule has 3 N–H and O–H groups in total. The number of allylic oxidation sites excluding steroid dienone is 1. The van der Waals surface area contributed by atoms with Crippen LogP contribution in [0.2, 0.25) is 0 Å². The van der Waals surface area contributed by atoms with Crippen molar-refractivity contribution >= 4 is 11.8 Å². The summed E-state index contributed by atoms with van der Waals surface area (Å²) in [7, 11) is 0. The van der Waals surface area contributed by atoms with Gasteiger partial charge in [-0.15, -0.1) is 0 Å². The van der Waals surface area contributed by atoms with E-state index in [1.54, 1.807) is 12.1 Å². The van der Waals surface area contributed by atoms with Crippen molar-refractivity contribution in [2.24, 2.45) is 5.92 Å². The molecule has 1 saturated carbocycles. The van der Waals surface area contributed by atoms with Gasteiger partial charge in [0.15, 0.2) is 0 Å². The fourth-order valence-corrected chi connectivity index (χ4v) is 3.36. The van der Waals surface area contributed by atoms with Crippen LogP contribution in [0.5, 0.6) is 0 Å². The van der Waals surface area contributed by atoms with Gasteiger partial charge in [0.1, 0.15) is 11.4 Å². The minimum Gasteiger partial charge on any atom is -0.466 e. The van der Waals surface area contributed by atoms with Crippen LogP contribution < -0.4 is 10.6 Å². The molecule has 0 saturated heterocycles. The summed E-state index contributed by atoms with van der Waals surface area (Å²) in [4.78, 5) is 23.9. The average Bonchev–Trinajstić information content (AvgIpc) is 3.35. The minimum absolute atomic E-state index is 0.0252. The molecular weight excluding hydrogens is 320 g/mol. The lowest BCUT2D eigenvalue weighted by molar-refractivity contribution is -0.140. The van der Waals surface area contributed by atoms with Crippen LogP contribution in [0.15, 0.2) is 34.5 Å². The second-order valence-electron chi connectivity index (χ2n) is 6.97. The Morgan fingerprint density at radius 3 is 2.68 bits per heavy atom. The zero-order chi connectivity index (χ0) is 17.7. The maximum Gasteiger partial charge on any atom is 0.309 e. The molecule has 2 aliphatic carbocycles. The van der Waals surface area contributed by atoms with E-state index in [1.807, 2.05) is 0 Å². The summed E-state index contributed by atoms with van der Waals surface area (Å²) in [5.74, 6) is -0.891. The molecule has 25 heavy (non-hydrogen) atoms. The summed E-state index contributed by atoms with van der Waals surface area (Å²) in [6.45, 7) is 0.436. The van der Waals surface area contributed by atoms with E-state index in [4.69, 9.17) is 4.42 Å². The van der Waals surface area contributed by atoms with Crippen molar-refractivity contribution in [3.63, 3.8) is 0 Å². The van der Waals surface area contributed by atoms with Crippen LogP contribution in [0.3, 0.4) is 0 Å². The molecule has 136 valence electrons. The van der Waals surface area contributed by atoms with Gasteiger partial charge in [-0.05, 0) is 63.0 Å². The monoisotopic (exact) mass is 346 g/mol. The van der Waals surface area contributed by atoms with E-state index < -0.39 is 17.4 Å². The number of hydrogen-bond donors (Lipinski definition) is 3. The van der Waals surface area contributed by atoms with Gasteiger partial charge in [-0.3, -0.25) is 9.59 Å². The molecule has 1 unspecified atom stereocenters. The topological polar surface area (TPSA) is 91.6 Å². The number of rotatable bonds is 7. The predicted octanol–water partition coefficient (Wildman–Crippen LogP) is 2.00. The highest BCUT2D eigenvalue weighted by Crippen LogP contribution is 2.45. The number of nitrogens with one attached hydrogen (secondary N) is 2. The molecule has 1 aromatic heterocycles. The lowest BCUT2D eigenvalue weighted by Gasteiger charge is -2.26. The van der Waals surface area contributed by atoms with Crippen molar-refractivity contribution in [3.05, 3.63) is 35.8 Å². The Balaban J connectivity index is 1.44. The third-order valence-corrected chi connectivity index (χ3v) is 5.04. The zero-order valence-electron chi connectivity index (χ0n) is 14.4. The maximum atomic E-state index is 12.0. The van der Waals surface area contributed by atoms with Crippen molar-refractivity contribution in [3.8, 4) is 0 Å². The SMILES string of the molecule is O=C(NCCC1=CCCCC1)C(=O)NCC(O)(c1ccco1)C1CC1. The largest absolute Gasteiger partial charge is 0.466 e. The maximum absolute atomic E-state index is 12.0. The lowest BCUT2D eigenvalue weighted by Crippen LogP contribution is -2.47. The quantitative estimate of drug-likeness (QED) is 0.520. The molecule has 0 spiro atoms. The first-order chi connectivity index (χ1) is 12.1. The molecular formula is C19H26N2O4. The van der Waals surface area contributed by atoms with Crippen LogP contribution in [0.25, 0.3) is 0 Å². The first-order valence-corrected chi connectivity index (χ1v) is 9.10. The Bertz CT molecular complexity index is 634. The molecule has 6 nitrogen and oxygen atoms in total. The van der Waals surface area contributed by atoms with Crippen LogP contribution in [0, 0.1) is 5.92 Å². The van der Waals surface area contributed by atoms with E-state index in [9.17, 15) is 14.7 Å². The second-order valence-corrected chi connectivity index (χ2v) is 6.97. The molecule has 0 radical (unpaired) electrons. The van der Waals surface area contributed by atoms with Gasteiger partial charge in [-0.25, -0.2) is 0 Å². The predicted molar refractivity (Wildman–Crippen MR) is 92.5 cm³/mol. The van der Waals surface area contributed by atoms with Gasteiger partial charge < -0.3 is 20.2 Å². The highest BCUT2D eigenvalue weighted by atomic mass is 16.4. The number of furan rings is 1. The summed E-state index contributed by atoms with van der Waals surface area (Å²) in [6, 6.07) is 3.40. The summed E-state index contributed by atoms with van der Waals surface area (Å²) in [6.07, 6.45) is 10.9. The summed E-state index contributed by atoms with van der Waals surface area (Å²) < 4.78 is 5.32. The Morgan fingerprint density at radius 1 is 1.24 bits per heavy atom. The third kappa shape index (κ3) is 4.51. The Hall–Kier alpha value is -2.08. The van der Waals surface area contributed by atoms with Crippen LogP contribution in [-0.2, 0) is 15.2 Å². The van der Waals surface area contributed by atoms with Crippen molar-refractivity contribution in [2.75, 3.05) is 13.1 Å². The van der Waals surface area contributed by atoms with Gasteiger partial charge in [0.2, 0.25) is 0 Å². The zero-order valence-corrected chi connectivity index (χ0v) is 14.4. The molecule has 1 fully saturated rings. The molecule has 0 bridgehead atoms. The summed E-state index contributed by atoms with van der Waals surface area (Å²) in [5, 5.41) is 16.0. The van der Waals surface area contributed by atoms with E-state index >= 15 is 0 Å². The van der Waals surface area contributed by atoms with Crippen LogP contribution in [-0.4, -0.2) is 30.0 Å². The Kier molecular flexibility index (Phi) is 5.58. The number of hydrogen-bond acceptors (Lipinski definition) is 4. The Labute approximate surface area is 147 Å². The normalized spacial score (nSPS) is 19.6. The van der Waals surface area contributed by atoms with E-state index in [1.165, 1.54) is 24.7 Å². The first kappa shape index (κ1) is 17.7. The van der Waals surface area contributed by atoms with E-state index in [0.717, 1.165) is 32.1 Å². The number of carbonyl (C=O) groups is 2. The highest BCUT2D eigenvalue weighted by Gasteiger charge is 2.47. The minimum atomic E-state index is -1.24. The third-order valence-electron chi connectivity index (χ3n) is 5.04. The summed E-state index contributed by atoms with van der Waals surface area (Å²) in [5.41, 5.74) is 0.111. The molecule has 1 atom stereocenters. The average molecular weight is 346 g/mol. The van der Waals surface area contributed by atoms with Crippen molar-refractivity contribution < 1.29 is 19.1 Å². The fraction of sp³-hybridized carbons (Fsp3) is 0.579. The van der Waals surface area contributed by atoms with Gasteiger partial charge in [0, 0.05) is 6.54 Å². The van der Waals surface area contributed by atoms with E-state index in [0.29, 0.717) is 12.3 Å². The van der Waals surface area contributed by atoms with Crippen LogP contribution in [0.1, 0.15) is 50.7 Å². The van der Waals surface area contributed by atoms with Gasteiger partial charge in [-0.2, -0.15) is 0 Å². The molecule has 3 rings (SSSR count). The summed E-state index contributed by atoms with van der Waals surface area (Å²) >= 11 is 0. The molecule has 1 aromatic rings. The van der Waals surface area contributed by atoms with Crippen molar-refractivity contribution in [2.45, 2.75) is 50.5 Å². The van der Waals surface area contributed by atoms with Gasteiger partial charge >= 0.3 is 11.8 Å². The molecule has 1 heterocycles. The van der Waals surface area contributed by atoms with Gasteiger partial charge in [0.05, 0.1) is 12.8 Å². The van der Waals surface area contributed by atoms with E-state index in [-0.39, 0.29) is 12.5 Å². The molecule has 0 aromatic carbocycles. The van der Waals surface area contributed by atoms with Crippen LogP contribution >= 0.6 is 0 Å². The first-order valence-electron chi connectivity index (χ1n) is 9.10.